The quantitative estimate of drug-likeness (QED) is 0.200. The van der Waals surface area contributed by atoms with E-state index in [1.54, 1.807) is 0 Å². The lowest BCUT2D eigenvalue weighted by Gasteiger charge is -2.25. The highest BCUT2D eigenvalue weighted by atomic mass is 16.1. The summed E-state index contributed by atoms with van der Waals surface area (Å²) in [6, 6.07) is 59.0. The molecule has 0 saturated carbocycles. The number of hydrogen-bond acceptors (Lipinski definition) is 2. The van der Waals surface area contributed by atoms with Gasteiger partial charge in [-0.25, -0.2) is 0 Å². The standard InChI is InChI=1S/C43H28N2O/c46-43-38-19-11-10-18-35(38)36-25-26-37-39-28-30(22-27-40(39)45(42(37)41(36)43)33-16-8-3-9-17-33)29-20-23-34(24-21-29)44(31-12-4-1-5-13-31)32-14-6-2-7-15-32/h1-28H. The molecular weight excluding hydrogens is 560 g/mol. The van der Waals surface area contributed by atoms with E-state index in [4.69, 9.17) is 0 Å². The van der Waals surface area contributed by atoms with Crippen molar-refractivity contribution in [2.24, 2.45) is 0 Å². The van der Waals surface area contributed by atoms with E-state index in [2.05, 4.69) is 143 Å². The Morgan fingerprint density at radius 2 is 1.00 bits per heavy atom. The number of fused-ring (bicyclic) bond motifs is 7. The van der Waals surface area contributed by atoms with E-state index in [1.165, 1.54) is 0 Å². The lowest BCUT2D eigenvalue weighted by molar-refractivity contribution is 0.104. The molecule has 0 saturated heterocycles. The smallest absolute Gasteiger partial charge is 0.196 e. The van der Waals surface area contributed by atoms with E-state index in [-0.39, 0.29) is 5.78 Å². The second-order valence-electron chi connectivity index (χ2n) is 11.7. The Hall–Kier alpha value is -6.19. The zero-order chi connectivity index (χ0) is 30.6. The van der Waals surface area contributed by atoms with Crippen molar-refractivity contribution in [3.05, 3.63) is 181 Å². The van der Waals surface area contributed by atoms with Gasteiger partial charge >= 0.3 is 0 Å². The second-order valence-corrected chi connectivity index (χ2v) is 11.7. The van der Waals surface area contributed by atoms with Gasteiger partial charge in [-0.2, -0.15) is 0 Å². The Morgan fingerprint density at radius 3 is 1.67 bits per heavy atom. The van der Waals surface area contributed by atoms with Crippen molar-refractivity contribution >= 4 is 44.7 Å². The van der Waals surface area contributed by atoms with E-state index in [0.717, 1.165) is 77.9 Å². The van der Waals surface area contributed by atoms with E-state index in [9.17, 15) is 4.79 Å². The largest absolute Gasteiger partial charge is 0.311 e. The van der Waals surface area contributed by atoms with Crippen LogP contribution in [0.5, 0.6) is 0 Å². The van der Waals surface area contributed by atoms with E-state index in [0.29, 0.717) is 0 Å². The Kier molecular flexibility index (Phi) is 5.97. The van der Waals surface area contributed by atoms with Gasteiger partial charge in [-0.1, -0.05) is 109 Å². The third kappa shape index (κ3) is 4.03. The molecule has 1 heterocycles. The van der Waals surface area contributed by atoms with Gasteiger partial charge in [-0.05, 0) is 82.9 Å². The number of rotatable bonds is 5. The molecule has 0 unspecified atom stereocenters. The van der Waals surface area contributed by atoms with Crippen LogP contribution in [-0.2, 0) is 0 Å². The lowest BCUT2D eigenvalue weighted by Crippen LogP contribution is -2.09. The van der Waals surface area contributed by atoms with Gasteiger partial charge in [0.25, 0.3) is 0 Å². The zero-order valence-corrected chi connectivity index (χ0v) is 25.0. The minimum absolute atomic E-state index is 0.0911. The second kappa shape index (κ2) is 10.5. The molecule has 1 aliphatic rings. The molecule has 0 fully saturated rings. The molecule has 7 aromatic carbocycles. The monoisotopic (exact) mass is 588 g/mol. The van der Waals surface area contributed by atoms with Crippen LogP contribution in [0.15, 0.2) is 170 Å². The van der Waals surface area contributed by atoms with Gasteiger partial charge in [0.05, 0.1) is 16.6 Å². The van der Waals surface area contributed by atoms with Crippen LogP contribution in [0.4, 0.5) is 17.1 Å². The molecule has 9 rings (SSSR count). The van der Waals surface area contributed by atoms with Crippen molar-refractivity contribution in [2.75, 3.05) is 4.90 Å². The minimum Gasteiger partial charge on any atom is -0.311 e. The summed E-state index contributed by atoms with van der Waals surface area (Å²) in [5.74, 6) is 0.0911. The highest BCUT2D eigenvalue weighted by Gasteiger charge is 2.31. The number of carbonyl (C=O) groups excluding carboxylic acids is 1. The molecule has 0 bridgehead atoms. The molecule has 3 heteroatoms. The van der Waals surface area contributed by atoms with Gasteiger partial charge in [0.2, 0.25) is 0 Å². The summed E-state index contributed by atoms with van der Waals surface area (Å²) in [4.78, 5) is 16.2. The predicted molar refractivity (Wildman–Crippen MR) is 190 cm³/mol. The van der Waals surface area contributed by atoms with Crippen LogP contribution in [0.25, 0.3) is 49.7 Å². The maximum atomic E-state index is 13.9. The van der Waals surface area contributed by atoms with Crippen molar-refractivity contribution in [1.29, 1.82) is 0 Å². The fourth-order valence-corrected chi connectivity index (χ4v) is 7.04. The fraction of sp³-hybridized carbons (Fsp3) is 0. The third-order valence-electron chi connectivity index (χ3n) is 9.12. The number of ketones is 1. The first-order valence-corrected chi connectivity index (χ1v) is 15.6. The highest BCUT2D eigenvalue weighted by Crippen LogP contribution is 2.45. The van der Waals surface area contributed by atoms with E-state index < -0.39 is 0 Å². The lowest BCUT2D eigenvalue weighted by atomic mass is 10.00. The van der Waals surface area contributed by atoms with Crippen LogP contribution in [0.2, 0.25) is 0 Å². The summed E-state index contributed by atoms with van der Waals surface area (Å²) >= 11 is 0. The number of para-hydroxylation sites is 3. The molecule has 216 valence electrons. The summed E-state index contributed by atoms with van der Waals surface area (Å²) in [7, 11) is 0. The molecular formula is C43H28N2O. The van der Waals surface area contributed by atoms with Crippen molar-refractivity contribution < 1.29 is 4.79 Å². The van der Waals surface area contributed by atoms with E-state index in [1.807, 2.05) is 36.4 Å². The predicted octanol–water partition coefficient (Wildman–Crippen LogP) is 11.1. The van der Waals surface area contributed by atoms with Crippen LogP contribution < -0.4 is 4.90 Å². The summed E-state index contributed by atoms with van der Waals surface area (Å²) < 4.78 is 2.26. The molecule has 0 radical (unpaired) electrons. The van der Waals surface area contributed by atoms with Crippen molar-refractivity contribution in [1.82, 2.24) is 4.57 Å². The Bertz CT molecular complexity index is 2370. The number of benzene rings is 7. The van der Waals surface area contributed by atoms with Gasteiger partial charge in [0.1, 0.15) is 0 Å². The van der Waals surface area contributed by atoms with Crippen LogP contribution in [0, 0.1) is 0 Å². The molecule has 1 aromatic heterocycles. The molecule has 46 heavy (non-hydrogen) atoms. The van der Waals surface area contributed by atoms with Crippen molar-refractivity contribution in [2.45, 2.75) is 0 Å². The van der Waals surface area contributed by atoms with Crippen LogP contribution in [0.1, 0.15) is 15.9 Å². The first kappa shape index (κ1) is 26.2. The summed E-state index contributed by atoms with van der Waals surface area (Å²) in [5.41, 5.74) is 12.2. The number of nitrogens with zero attached hydrogens (tertiary/aromatic N) is 2. The summed E-state index contributed by atoms with van der Waals surface area (Å²) in [5, 5.41) is 2.21. The van der Waals surface area contributed by atoms with Gasteiger partial charge in [-0.3, -0.25) is 4.79 Å². The molecule has 0 spiro atoms. The molecule has 0 N–H and O–H groups in total. The number of anilines is 3. The molecule has 0 atom stereocenters. The van der Waals surface area contributed by atoms with Gasteiger partial charge in [0.15, 0.2) is 5.78 Å². The average molecular weight is 589 g/mol. The van der Waals surface area contributed by atoms with Crippen LogP contribution >= 0.6 is 0 Å². The molecule has 8 aromatic rings. The molecule has 0 amide bonds. The normalized spacial score (nSPS) is 12.0. The summed E-state index contributed by atoms with van der Waals surface area (Å²) in [6.07, 6.45) is 0. The first-order valence-electron chi connectivity index (χ1n) is 15.6. The molecule has 0 aliphatic heterocycles. The Balaban J connectivity index is 1.20. The number of aromatic nitrogens is 1. The maximum absolute atomic E-state index is 13.9. The average Bonchev–Trinajstić information content (AvgIpc) is 3.61. The Labute approximate surface area is 267 Å². The topological polar surface area (TPSA) is 25.2 Å². The SMILES string of the molecule is O=C1c2ccccc2-c2ccc3c4cc(-c5ccc(N(c6ccccc6)c6ccccc6)cc5)ccc4n(-c4ccccc4)c3c21. The van der Waals surface area contributed by atoms with Crippen molar-refractivity contribution in [3.63, 3.8) is 0 Å². The van der Waals surface area contributed by atoms with E-state index >= 15 is 0 Å². The number of carbonyl (C=O) groups is 1. The zero-order valence-electron chi connectivity index (χ0n) is 25.0. The van der Waals surface area contributed by atoms with Crippen LogP contribution in [0.3, 0.4) is 0 Å². The van der Waals surface area contributed by atoms with Crippen molar-refractivity contribution in [3.8, 4) is 27.9 Å². The maximum Gasteiger partial charge on any atom is 0.196 e. The number of hydrogen-bond donors (Lipinski definition) is 0. The summed E-state index contributed by atoms with van der Waals surface area (Å²) in [6.45, 7) is 0. The van der Waals surface area contributed by atoms with Crippen LogP contribution in [-0.4, -0.2) is 10.4 Å². The fourth-order valence-electron chi connectivity index (χ4n) is 7.04. The first-order chi connectivity index (χ1) is 22.8. The Morgan fingerprint density at radius 1 is 0.435 bits per heavy atom. The molecule has 3 nitrogen and oxygen atoms in total. The van der Waals surface area contributed by atoms with Gasteiger partial charge in [-0.15, -0.1) is 0 Å². The van der Waals surface area contributed by atoms with Gasteiger partial charge in [0, 0.05) is 39.1 Å². The highest BCUT2D eigenvalue weighted by molar-refractivity contribution is 6.29. The van der Waals surface area contributed by atoms with Gasteiger partial charge < -0.3 is 9.47 Å². The minimum atomic E-state index is 0.0911. The molecule has 1 aliphatic carbocycles. The third-order valence-corrected chi connectivity index (χ3v) is 9.12.